The molecule has 1 aliphatic carbocycles. The Morgan fingerprint density at radius 1 is 1.42 bits per heavy atom. The molecular weight excluding hydrogens is 246 g/mol. The second-order valence-corrected chi connectivity index (χ2v) is 4.74. The van der Waals surface area contributed by atoms with E-state index < -0.39 is 4.92 Å². The van der Waals surface area contributed by atoms with Gasteiger partial charge in [0, 0.05) is 36.8 Å². The number of non-ortho nitro benzene ring substituents is 1. The lowest BCUT2D eigenvalue weighted by atomic mass is 10.1. The number of nitrogens with one attached hydrogen (secondary N) is 2. The highest BCUT2D eigenvalue weighted by atomic mass is 16.6. The molecule has 1 aliphatic rings. The van der Waals surface area contributed by atoms with Gasteiger partial charge in [-0.05, 0) is 25.3 Å². The van der Waals surface area contributed by atoms with Crippen molar-refractivity contribution < 1.29 is 9.72 Å². The first kappa shape index (κ1) is 13.5. The maximum atomic E-state index is 11.9. The Bertz CT molecular complexity index is 498. The van der Waals surface area contributed by atoms with Crippen molar-refractivity contribution in [2.45, 2.75) is 25.8 Å². The number of nitrogens with zero attached hydrogens (tertiary/aromatic N) is 1. The Kier molecular flexibility index (Phi) is 4.11. The summed E-state index contributed by atoms with van der Waals surface area (Å²) in [5.74, 6) is -0.265. The molecule has 1 amide bonds. The first-order chi connectivity index (χ1) is 9.08. The molecule has 0 radical (unpaired) electrons. The number of benzene rings is 1. The lowest BCUT2D eigenvalue weighted by Gasteiger charge is -2.08. The van der Waals surface area contributed by atoms with Crippen LogP contribution in [0.25, 0.3) is 0 Å². The van der Waals surface area contributed by atoms with Gasteiger partial charge in [0.25, 0.3) is 11.6 Å². The summed E-state index contributed by atoms with van der Waals surface area (Å²) in [7, 11) is 0. The van der Waals surface area contributed by atoms with Gasteiger partial charge in [-0.25, -0.2) is 0 Å². The molecule has 0 heterocycles. The van der Waals surface area contributed by atoms with Crippen LogP contribution in [0.4, 0.5) is 5.69 Å². The molecule has 2 rings (SSSR count). The number of carbonyl (C=O) groups is 1. The standard InChI is InChI=1S/C13H17N3O3/c1-9-2-5-11(16(18)19)8-12(9)13(17)15-7-6-14-10-3-4-10/h2,5,8,10,14H,3-4,6-7H2,1H3,(H,15,17). The van der Waals surface area contributed by atoms with Gasteiger partial charge in [0.1, 0.15) is 0 Å². The van der Waals surface area contributed by atoms with Crippen LogP contribution in [-0.4, -0.2) is 30.0 Å². The van der Waals surface area contributed by atoms with Crippen LogP contribution < -0.4 is 10.6 Å². The van der Waals surface area contributed by atoms with Gasteiger partial charge in [0.05, 0.1) is 4.92 Å². The molecule has 1 aromatic rings. The molecule has 0 atom stereocenters. The second-order valence-electron chi connectivity index (χ2n) is 4.74. The molecule has 0 aliphatic heterocycles. The summed E-state index contributed by atoms with van der Waals surface area (Å²) < 4.78 is 0. The minimum atomic E-state index is -0.495. The largest absolute Gasteiger partial charge is 0.351 e. The SMILES string of the molecule is Cc1ccc([N+](=O)[O-])cc1C(=O)NCCNC1CC1. The van der Waals surface area contributed by atoms with E-state index >= 15 is 0 Å². The number of hydrogen-bond acceptors (Lipinski definition) is 4. The van der Waals surface area contributed by atoms with E-state index in [1.54, 1.807) is 13.0 Å². The zero-order valence-corrected chi connectivity index (χ0v) is 10.8. The summed E-state index contributed by atoms with van der Waals surface area (Å²) in [5.41, 5.74) is 1.03. The van der Waals surface area contributed by atoms with E-state index in [1.165, 1.54) is 25.0 Å². The number of nitro benzene ring substituents is 1. The van der Waals surface area contributed by atoms with E-state index in [1.807, 2.05) is 0 Å². The third-order valence-corrected chi connectivity index (χ3v) is 3.10. The topological polar surface area (TPSA) is 84.3 Å². The summed E-state index contributed by atoms with van der Waals surface area (Å²) in [4.78, 5) is 22.1. The van der Waals surface area contributed by atoms with Crippen molar-refractivity contribution in [2.75, 3.05) is 13.1 Å². The van der Waals surface area contributed by atoms with Gasteiger partial charge < -0.3 is 10.6 Å². The quantitative estimate of drug-likeness (QED) is 0.461. The van der Waals surface area contributed by atoms with Crippen LogP contribution in [0.3, 0.4) is 0 Å². The lowest BCUT2D eigenvalue weighted by Crippen LogP contribution is -2.33. The first-order valence-electron chi connectivity index (χ1n) is 6.34. The van der Waals surface area contributed by atoms with Crippen molar-refractivity contribution in [3.63, 3.8) is 0 Å². The summed E-state index contributed by atoms with van der Waals surface area (Å²) in [6.07, 6.45) is 2.41. The van der Waals surface area contributed by atoms with Crippen molar-refractivity contribution in [1.82, 2.24) is 10.6 Å². The summed E-state index contributed by atoms with van der Waals surface area (Å²) >= 11 is 0. The molecule has 0 bridgehead atoms. The van der Waals surface area contributed by atoms with Gasteiger partial charge in [-0.1, -0.05) is 6.07 Å². The Hall–Kier alpha value is -1.95. The second kappa shape index (κ2) is 5.79. The fraction of sp³-hybridized carbons (Fsp3) is 0.462. The molecule has 0 unspecified atom stereocenters. The molecule has 0 spiro atoms. The van der Waals surface area contributed by atoms with Crippen LogP contribution in [0.2, 0.25) is 0 Å². The minimum absolute atomic E-state index is 0.0631. The third kappa shape index (κ3) is 3.75. The van der Waals surface area contributed by atoms with Gasteiger partial charge >= 0.3 is 0 Å². The van der Waals surface area contributed by atoms with E-state index in [0.717, 1.165) is 12.1 Å². The highest BCUT2D eigenvalue weighted by Gasteiger charge is 2.20. The summed E-state index contributed by atoms with van der Waals surface area (Å²) in [6.45, 7) is 3.02. The van der Waals surface area contributed by atoms with Crippen molar-refractivity contribution in [2.24, 2.45) is 0 Å². The van der Waals surface area contributed by atoms with Gasteiger partial charge in [-0.3, -0.25) is 14.9 Å². The van der Waals surface area contributed by atoms with Crippen LogP contribution in [0, 0.1) is 17.0 Å². The number of aryl methyl sites for hydroxylation is 1. The highest BCUT2D eigenvalue weighted by molar-refractivity contribution is 5.96. The summed E-state index contributed by atoms with van der Waals surface area (Å²) in [5, 5.41) is 16.7. The molecule has 0 saturated heterocycles. The molecule has 102 valence electrons. The lowest BCUT2D eigenvalue weighted by molar-refractivity contribution is -0.384. The molecule has 6 nitrogen and oxygen atoms in total. The number of nitro groups is 1. The molecule has 2 N–H and O–H groups in total. The maximum absolute atomic E-state index is 11.9. The fourth-order valence-electron chi connectivity index (χ4n) is 1.80. The van der Waals surface area contributed by atoms with Crippen LogP contribution in [0.5, 0.6) is 0 Å². The number of amides is 1. The molecule has 1 aromatic carbocycles. The predicted octanol–water partition coefficient (Wildman–Crippen LogP) is 1.39. The van der Waals surface area contributed by atoms with E-state index in [0.29, 0.717) is 18.2 Å². The third-order valence-electron chi connectivity index (χ3n) is 3.10. The normalized spacial score (nSPS) is 14.2. The van der Waals surface area contributed by atoms with E-state index in [-0.39, 0.29) is 11.6 Å². The molecular formula is C13H17N3O3. The van der Waals surface area contributed by atoms with Gasteiger partial charge in [0.2, 0.25) is 0 Å². The molecule has 0 aromatic heterocycles. The Labute approximate surface area is 111 Å². The Morgan fingerprint density at radius 3 is 2.79 bits per heavy atom. The maximum Gasteiger partial charge on any atom is 0.270 e. The van der Waals surface area contributed by atoms with Crippen LogP contribution >= 0.6 is 0 Å². The van der Waals surface area contributed by atoms with E-state index in [2.05, 4.69) is 10.6 Å². The minimum Gasteiger partial charge on any atom is -0.351 e. The van der Waals surface area contributed by atoms with E-state index in [4.69, 9.17) is 0 Å². The number of hydrogen-bond donors (Lipinski definition) is 2. The molecule has 6 heteroatoms. The predicted molar refractivity (Wildman–Crippen MR) is 71.2 cm³/mol. The summed E-state index contributed by atoms with van der Waals surface area (Å²) in [6, 6.07) is 4.92. The number of carbonyl (C=O) groups excluding carboxylic acids is 1. The van der Waals surface area contributed by atoms with Crippen molar-refractivity contribution >= 4 is 11.6 Å². The highest BCUT2D eigenvalue weighted by Crippen LogP contribution is 2.18. The first-order valence-corrected chi connectivity index (χ1v) is 6.34. The van der Waals surface area contributed by atoms with Gasteiger partial charge in [0.15, 0.2) is 0 Å². The van der Waals surface area contributed by atoms with Gasteiger partial charge in [-0.15, -0.1) is 0 Å². The smallest absolute Gasteiger partial charge is 0.270 e. The van der Waals surface area contributed by atoms with Crippen LogP contribution in [0.15, 0.2) is 18.2 Å². The van der Waals surface area contributed by atoms with Crippen molar-refractivity contribution in [3.8, 4) is 0 Å². The van der Waals surface area contributed by atoms with Crippen LogP contribution in [-0.2, 0) is 0 Å². The number of rotatable bonds is 6. The molecule has 19 heavy (non-hydrogen) atoms. The Morgan fingerprint density at radius 2 is 2.16 bits per heavy atom. The fourth-order valence-corrected chi connectivity index (χ4v) is 1.80. The molecule has 1 fully saturated rings. The van der Waals surface area contributed by atoms with E-state index in [9.17, 15) is 14.9 Å². The zero-order chi connectivity index (χ0) is 13.8. The van der Waals surface area contributed by atoms with Gasteiger partial charge in [-0.2, -0.15) is 0 Å². The van der Waals surface area contributed by atoms with Crippen LogP contribution in [0.1, 0.15) is 28.8 Å². The Balaban J connectivity index is 1.92. The van der Waals surface area contributed by atoms with Crippen molar-refractivity contribution in [1.29, 1.82) is 0 Å². The monoisotopic (exact) mass is 263 g/mol. The average Bonchev–Trinajstić information content (AvgIpc) is 3.18. The molecule has 1 saturated carbocycles. The van der Waals surface area contributed by atoms with Crippen molar-refractivity contribution in [3.05, 3.63) is 39.4 Å². The average molecular weight is 263 g/mol. The zero-order valence-electron chi connectivity index (χ0n) is 10.8.